The summed E-state index contributed by atoms with van der Waals surface area (Å²) < 4.78 is 1.91. The molecule has 0 amide bonds. The summed E-state index contributed by atoms with van der Waals surface area (Å²) in [6.45, 7) is 6.50. The first-order valence-corrected chi connectivity index (χ1v) is 7.32. The summed E-state index contributed by atoms with van der Waals surface area (Å²) in [7, 11) is 0. The van der Waals surface area contributed by atoms with Gasteiger partial charge in [0.25, 0.3) is 0 Å². The van der Waals surface area contributed by atoms with E-state index >= 15 is 0 Å². The van der Waals surface area contributed by atoms with Crippen LogP contribution in [-0.2, 0) is 0 Å². The van der Waals surface area contributed by atoms with E-state index in [-0.39, 0.29) is 0 Å². The molecule has 1 saturated heterocycles. The van der Waals surface area contributed by atoms with E-state index in [0.29, 0.717) is 6.54 Å². The first kappa shape index (κ1) is 14.2. The standard InChI is InChI=1S/C15H21N5O/c1-12-15(13(21)10-19-8-6-16-7-9-19)18-11-20(12)14-4-2-3-5-17-14/h2-5,11,13,16,21H,6-10H2,1H3. The second-order valence-corrected chi connectivity index (χ2v) is 5.34. The summed E-state index contributed by atoms with van der Waals surface area (Å²) in [5.74, 6) is 0.822. The van der Waals surface area contributed by atoms with Crippen LogP contribution in [-0.4, -0.2) is 57.3 Å². The highest BCUT2D eigenvalue weighted by atomic mass is 16.3. The summed E-state index contributed by atoms with van der Waals surface area (Å²) in [5, 5.41) is 13.8. The van der Waals surface area contributed by atoms with Gasteiger partial charge in [0, 0.05) is 44.6 Å². The monoisotopic (exact) mass is 287 g/mol. The summed E-state index contributed by atoms with van der Waals surface area (Å²) in [6.07, 6.45) is 2.92. The number of nitrogens with one attached hydrogen (secondary N) is 1. The molecule has 0 bridgehead atoms. The van der Waals surface area contributed by atoms with Crippen molar-refractivity contribution < 1.29 is 5.11 Å². The molecular formula is C15H21N5O. The Hall–Kier alpha value is -1.76. The number of piperazine rings is 1. The van der Waals surface area contributed by atoms with Gasteiger partial charge in [-0.05, 0) is 19.1 Å². The third kappa shape index (κ3) is 3.12. The maximum Gasteiger partial charge on any atom is 0.138 e. The Bertz CT molecular complexity index is 577. The summed E-state index contributed by atoms with van der Waals surface area (Å²) in [6, 6.07) is 5.76. The van der Waals surface area contributed by atoms with Gasteiger partial charge >= 0.3 is 0 Å². The van der Waals surface area contributed by atoms with Crippen molar-refractivity contribution >= 4 is 0 Å². The maximum absolute atomic E-state index is 10.5. The van der Waals surface area contributed by atoms with E-state index < -0.39 is 6.10 Å². The van der Waals surface area contributed by atoms with Crippen LogP contribution in [0, 0.1) is 6.92 Å². The van der Waals surface area contributed by atoms with Gasteiger partial charge in [0.05, 0.1) is 5.69 Å². The molecule has 2 aromatic heterocycles. The van der Waals surface area contributed by atoms with Crippen molar-refractivity contribution in [2.24, 2.45) is 0 Å². The Morgan fingerprint density at radius 3 is 2.81 bits per heavy atom. The number of imidazole rings is 1. The number of nitrogens with zero attached hydrogens (tertiary/aromatic N) is 4. The molecule has 0 radical (unpaired) electrons. The van der Waals surface area contributed by atoms with Crippen LogP contribution in [0.25, 0.3) is 5.82 Å². The summed E-state index contributed by atoms with van der Waals surface area (Å²) >= 11 is 0. The molecular weight excluding hydrogens is 266 g/mol. The van der Waals surface area contributed by atoms with Crippen molar-refractivity contribution in [2.45, 2.75) is 13.0 Å². The van der Waals surface area contributed by atoms with E-state index in [0.717, 1.165) is 43.4 Å². The second kappa shape index (κ2) is 6.34. The van der Waals surface area contributed by atoms with E-state index in [9.17, 15) is 5.11 Å². The predicted molar refractivity (Wildman–Crippen MR) is 80.4 cm³/mol. The first-order chi connectivity index (χ1) is 10.3. The fourth-order valence-electron chi connectivity index (χ4n) is 2.70. The van der Waals surface area contributed by atoms with Gasteiger partial charge in [-0.2, -0.15) is 0 Å². The highest BCUT2D eigenvalue weighted by Gasteiger charge is 2.20. The summed E-state index contributed by atoms with van der Waals surface area (Å²) in [5.41, 5.74) is 1.68. The molecule has 1 unspecified atom stereocenters. The third-order valence-electron chi connectivity index (χ3n) is 3.90. The number of rotatable bonds is 4. The minimum Gasteiger partial charge on any atom is -0.385 e. The number of hydrogen-bond donors (Lipinski definition) is 2. The molecule has 0 spiro atoms. The van der Waals surface area contributed by atoms with E-state index in [4.69, 9.17) is 0 Å². The smallest absolute Gasteiger partial charge is 0.138 e. The quantitative estimate of drug-likeness (QED) is 0.858. The highest BCUT2D eigenvalue weighted by Crippen LogP contribution is 2.19. The van der Waals surface area contributed by atoms with Crippen molar-refractivity contribution in [3.8, 4) is 5.82 Å². The predicted octanol–water partition coefficient (Wildman–Crippen LogP) is 0.514. The zero-order valence-electron chi connectivity index (χ0n) is 12.2. The molecule has 2 aromatic rings. The molecule has 1 fully saturated rings. The molecule has 112 valence electrons. The van der Waals surface area contributed by atoms with Gasteiger partial charge in [-0.25, -0.2) is 9.97 Å². The minimum atomic E-state index is -0.562. The molecule has 21 heavy (non-hydrogen) atoms. The molecule has 3 heterocycles. The molecule has 1 atom stereocenters. The lowest BCUT2D eigenvalue weighted by Gasteiger charge is -2.28. The van der Waals surface area contributed by atoms with E-state index in [1.165, 1.54) is 0 Å². The molecule has 0 saturated carbocycles. The SMILES string of the molecule is Cc1c(C(O)CN2CCNCC2)ncn1-c1ccccn1. The Kier molecular flexibility index (Phi) is 4.28. The average Bonchev–Trinajstić information content (AvgIpc) is 2.91. The molecule has 3 rings (SSSR count). The van der Waals surface area contributed by atoms with Crippen LogP contribution in [0.1, 0.15) is 17.5 Å². The van der Waals surface area contributed by atoms with Gasteiger partial charge in [0.15, 0.2) is 0 Å². The normalized spacial score (nSPS) is 17.8. The Morgan fingerprint density at radius 1 is 1.29 bits per heavy atom. The third-order valence-corrected chi connectivity index (χ3v) is 3.90. The molecule has 1 aliphatic heterocycles. The lowest BCUT2D eigenvalue weighted by molar-refractivity contribution is 0.102. The Labute approximate surface area is 124 Å². The fourth-order valence-corrected chi connectivity index (χ4v) is 2.70. The fraction of sp³-hybridized carbons (Fsp3) is 0.467. The number of aliphatic hydroxyl groups is 1. The Balaban J connectivity index is 1.75. The van der Waals surface area contributed by atoms with Crippen molar-refractivity contribution in [3.05, 3.63) is 42.1 Å². The van der Waals surface area contributed by atoms with Crippen LogP contribution in [0.2, 0.25) is 0 Å². The van der Waals surface area contributed by atoms with Crippen LogP contribution < -0.4 is 5.32 Å². The average molecular weight is 287 g/mol. The molecule has 1 aliphatic rings. The van der Waals surface area contributed by atoms with E-state index in [1.807, 2.05) is 29.7 Å². The highest BCUT2D eigenvalue weighted by molar-refractivity contribution is 5.28. The number of hydrogen-bond acceptors (Lipinski definition) is 5. The van der Waals surface area contributed by atoms with Crippen LogP contribution in [0.5, 0.6) is 0 Å². The molecule has 2 N–H and O–H groups in total. The topological polar surface area (TPSA) is 66.2 Å². The van der Waals surface area contributed by atoms with Gasteiger partial charge in [-0.3, -0.25) is 9.47 Å². The van der Waals surface area contributed by atoms with Crippen LogP contribution >= 0.6 is 0 Å². The number of aromatic nitrogens is 3. The first-order valence-electron chi connectivity index (χ1n) is 7.32. The maximum atomic E-state index is 10.5. The molecule has 0 aliphatic carbocycles. The van der Waals surface area contributed by atoms with Crippen LogP contribution in [0.15, 0.2) is 30.7 Å². The van der Waals surface area contributed by atoms with Crippen LogP contribution in [0.4, 0.5) is 0 Å². The largest absolute Gasteiger partial charge is 0.385 e. The summed E-state index contributed by atoms with van der Waals surface area (Å²) in [4.78, 5) is 11.0. The van der Waals surface area contributed by atoms with Crippen molar-refractivity contribution in [1.29, 1.82) is 0 Å². The second-order valence-electron chi connectivity index (χ2n) is 5.34. The van der Waals surface area contributed by atoms with Gasteiger partial charge in [0.1, 0.15) is 18.2 Å². The zero-order chi connectivity index (χ0) is 14.7. The lowest BCUT2D eigenvalue weighted by atomic mass is 10.2. The molecule has 6 nitrogen and oxygen atoms in total. The molecule has 0 aromatic carbocycles. The van der Waals surface area contributed by atoms with Crippen molar-refractivity contribution in [2.75, 3.05) is 32.7 Å². The van der Waals surface area contributed by atoms with Crippen molar-refractivity contribution in [1.82, 2.24) is 24.8 Å². The van der Waals surface area contributed by atoms with E-state index in [1.54, 1.807) is 12.5 Å². The van der Waals surface area contributed by atoms with Gasteiger partial charge in [-0.1, -0.05) is 6.07 Å². The van der Waals surface area contributed by atoms with Gasteiger partial charge in [-0.15, -0.1) is 0 Å². The number of pyridine rings is 1. The van der Waals surface area contributed by atoms with Crippen LogP contribution in [0.3, 0.4) is 0 Å². The number of β-amino-alcohol motifs (C(OH)–C–C–N with tert-alkyl or cyclic N) is 1. The lowest BCUT2D eigenvalue weighted by Crippen LogP contribution is -2.45. The molecule has 6 heteroatoms. The Morgan fingerprint density at radius 2 is 2.10 bits per heavy atom. The van der Waals surface area contributed by atoms with Gasteiger partial charge < -0.3 is 10.4 Å². The number of aliphatic hydroxyl groups excluding tert-OH is 1. The minimum absolute atomic E-state index is 0.562. The van der Waals surface area contributed by atoms with E-state index in [2.05, 4.69) is 20.2 Å². The van der Waals surface area contributed by atoms with Crippen molar-refractivity contribution in [3.63, 3.8) is 0 Å². The zero-order valence-corrected chi connectivity index (χ0v) is 12.2. The van der Waals surface area contributed by atoms with Gasteiger partial charge in [0.2, 0.25) is 0 Å².